The van der Waals surface area contributed by atoms with Crippen LogP contribution in [-0.4, -0.2) is 37.1 Å². The van der Waals surface area contributed by atoms with Crippen molar-refractivity contribution in [3.63, 3.8) is 0 Å². The summed E-state index contributed by atoms with van der Waals surface area (Å²) in [6.07, 6.45) is 4.13. The fraction of sp³-hybridized carbons (Fsp3) is 0.412. The number of fused-ring (bicyclic) bond motifs is 1. The Bertz CT molecular complexity index is 626. The highest BCUT2D eigenvalue weighted by Crippen LogP contribution is 2.30. The fourth-order valence-corrected chi connectivity index (χ4v) is 3.57. The number of piperazine rings is 1. The molecular formula is C17H19FN2O. The molecule has 2 aliphatic rings. The van der Waals surface area contributed by atoms with Crippen LogP contribution in [0.25, 0.3) is 11.3 Å². The van der Waals surface area contributed by atoms with Crippen LogP contribution in [0.4, 0.5) is 10.1 Å². The number of hydrogen-bond acceptors (Lipinski definition) is 3. The fourth-order valence-electron chi connectivity index (χ4n) is 3.57. The second-order valence-corrected chi connectivity index (χ2v) is 5.92. The largest absolute Gasteiger partial charge is 0.464 e. The lowest BCUT2D eigenvalue weighted by atomic mass is 10.1. The molecule has 110 valence electrons. The van der Waals surface area contributed by atoms with Gasteiger partial charge in [0.15, 0.2) is 0 Å². The molecule has 0 aliphatic carbocycles. The number of benzene rings is 1. The molecule has 2 fully saturated rings. The number of anilines is 1. The first kappa shape index (κ1) is 12.9. The molecule has 0 bridgehead atoms. The van der Waals surface area contributed by atoms with Crippen LogP contribution in [0.1, 0.15) is 12.8 Å². The molecule has 0 radical (unpaired) electrons. The average Bonchev–Trinajstić information content (AvgIpc) is 3.18. The van der Waals surface area contributed by atoms with Gasteiger partial charge in [0.25, 0.3) is 0 Å². The molecule has 2 aliphatic heterocycles. The highest BCUT2D eigenvalue weighted by atomic mass is 19.1. The minimum atomic E-state index is -0.157. The van der Waals surface area contributed by atoms with Gasteiger partial charge in [0.2, 0.25) is 0 Å². The van der Waals surface area contributed by atoms with E-state index in [2.05, 4.69) is 9.80 Å². The van der Waals surface area contributed by atoms with E-state index in [1.807, 2.05) is 24.3 Å². The van der Waals surface area contributed by atoms with Gasteiger partial charge in [-0.1, -0.05) is 0 Å². The van der Waals surface area contributed by atoms with Crippen molar-refractivity contribution in [2.45, 2.75) is 18.9 Å². The summed E-state index contributed by atoms with van der Waals surface area (Å²) >= 11 is 0. The Labute approximate surface area is 124 Å². The van der Waals surface area contributed by atoms with Gasteiger partial charge in [-0.2, -0.15) is 0 Å². The third-order valence-corrected chi connectivity index (χ3v) is 4.68. The van der Waals surface area contributed by atoms with E-state index in [1.54, 1.807) is 12.3 Å². The molecule has 1 atom stereocenters. The molecule has 0 N–H and O–H groups in total. The molecule has 2 saturated heterocycles. The predicted octanol–water partition coefficient (Wildman–Crippen LogP) is 3.37. The number of hydrogen-bond donors (Lipinski definition) is 0. The molecule has 2 aromatic rings. The standard InChI is InChI=1S/C17H19FN2O/c18-15-11-13(17-4-2-10-21-17)5-6-16(15)20-9-8-19-7-1-3-14(19)12-20/h2,4-6,10-11,14H,1,3,7-9,12H2. The van der Waals surface area contributed by atoms with Crippen LogP contribution >= 0.6 is 0 Å². The van der Waals surface area contributed by atoms with Crippen molar-refractivity contribution in [2.24, 2.45) is 0 Å². The Hall–Kier alpha value is -1.81. The van der Waals surface area contributed by atoms with E-state index in [0.717, 1.165) is 30.9 Å². The number of rotatable bonds is 2. The van der Waals surface area contributed by atoms with E-state index >= 15 is 0 Å². The van der Waals surface area contributed by atoms with Gasteiger partial charge in [0, 0.05) is 31.2 Å². The van der Waals surface area contributed by atoms with Gasteiger partial charge >= 0.3 is 0 Å². The molecular weight excluding hydrogens is 267 g/mol. The molecule has 1 aromatic heterocycles. The Balaban J connectivity index is 1.58. The minimum absolute atomic E-state index is 0.157. The Morgan fingerprint density at radius 1 is 1.14 bits per heavy atom. The van der Waals surface area contributed by atoms with Crippen LogP contribution in [0.3, 0.4) is 0 Å². The summed E-state index contributed by atoms with van der Waals surface area (Å²) in [6.45, 7) is 4.10. The predicted molar refractivity (Wildman–Crippen MR) is 80.9 cm³/mol. The van der Waals surface area contributed by atoms with E-state index < -0.39 is 0 Å². The van der Waals surface area contributed by atoms with Gasteiger partial charge in [0.1, 0.15) is 11.6 Å². The first-order valence-corrected chi connectivity index (χ1v) is 7.64. The topological polar surface area (TPSA) is 19.6 Å². The van der Waals surface area contributed by atoms with Gasteiger partial charge in [-0.05, 0) is 49.7 Å². The smallest absolute Gasteiger partial charge is 0.147 e. The molecule has 0 spiro atoms. The zero-order valence-corrected chi connectivity index (χ0v) is 12.0. The number of halogens is 1. The summed E-state index contributed by atoms with van der Waals surface area (Å²) in [6, 6.07) is 9.68. The van der Waals surface area contributed by atoms with Gasteiger partial charge in [-0.25, -0.2) is 4.39 Å². The molecule has 21 heavy (non-hydrogen) atoms. The second-order valence-electron chi connectivity index (χ2n) is 5.92. The average molecular weight is 286 g/mol. The van der Waals surface area contributed by atoms with Gasteiger partial charge < -0.3 is 9.32 Å². The lowest BCUT2D eigenvalue weighted by Gasteiger charge is -2.38. The Morgan fingerprint density at radius 3 is 2.90 bits per heavy atom. The van der Waals surface area contributed by atoms with Crippen molar-refractivity contribution in [1.82, 2.24) is 4.90 Å². The third-order valence-electron chi connectivity index (χ3n) is 4.68. The van der Waals surface area contributed by atoms with E-state index in [-0.39, 0.29) is 5.82 Å². The summed E-state index contributed by atoms with van der Waals surface area (Å²) in [5.41, 5.74) is 1.51. The summed E-state index contributed by atoms with van der Waals surface area (Å²) in [5, 5.41) is 0. The van der Waals surface area contributed by atoms with E-state index in [1.165, 1.54) is 19.4 Å². The maximum Gasteiger partial charge on any atom is 0.147 e. The molecule has 0 amide bonds. The van der Waals surface area contributed by atoms with Crippen molar-refractivity contribution >= 4 is 5.69 Å². The maximum atomic E-state index is 14.5. The first-order chi connectivity index (χ1) is 10.3. The highest BCUT2D eigenvalue weighted by Gasteiger charge is 2.31. The Kier molecular flexibility index (Phi) is 3.19. The monoisotopic (exact) mass is 286 g/mol. The summed E-state index contributed by atoms with van der Waals surface area (Å²) in [5.74, 6) is 0.552. The molecule has 3 heterocycles. The third kappa shape index (κ3) is 2.33. The van der Waals surface area contributed by atoms with Crippen molar-refractivity contribution in [2.75, 3.05) is 31.1 Å². The van der Waals surface area contributed by atoms with Crippen molar-refractivity contribution in [1.29, 1.82) is 0 Å². The number of nitrogens with zero attached hydrogens (tertiary/aromatic N) is 2. The lowest BCUT2D eigenvalue weighted by molar-refractivity contribution is 0.230. The molecule has 1 aromatic carbocycles. The van der Waals surface area contributed by atoms with Crippen molar-refractivity contribution in [3.8, 4) is 11.3 Å². The summed E-state index contributed by atoms with van der Waals surface area (Å²) < 4.78 is 19.8. The molecule has 1 unspecified atom stereocenters. The van der Waals surface area contributed by atoms with Crippen LogP contribution in [-0.2, 0) is 0 Å². The zero-order valence-electron chi connectivity index (χ0n) is 12.0. The summed E-state index contributed by atoms with van der Waals surface area (Å²) in [7, 11) is 0. The molecule has 3 nitrogen and oxygen atoms in total. The van der Waals surface area contributed by atoms with E-state index in [0.29, 0.717) is 11.8 Å². The summed E-state index contributed by atoms with van der Waals surface area (Å²) in [4.78, 5) is 4.72. The quantitative estimate of drug-likeness (QED) is 0.844. The van der Waals surface area contributed by atoms with Crippen LogP contribution in [0.5, 0.6) is 0 Å². The zero-order chi connectivity index (χ0) is 14.2. The Morgan fingerprint density at radius 2 is 2.10 bits per heavy atom. The van der Waals surface area contributed by atoms with Crippen LogP contribution in [0, 0.1) is 5.82 Å². The van der Waals surface area contributed by atoms with Crippen LogP contribution in [0.15, 0.2) is 41.0 Å². The van der Waals surface area contributed by atoms with Crippen LogP contribution < -0.4 is 4.90 Å². The maximum absolute atomic E-state index is 14.5. The normalized spacial score (nSPS) is 22.5. The van der Waals surface area contributed by atoms with Gasteiger partial charge in [0.05, 0.1) is 12.0 Å². The molecule has 0 saturated carbocycles. The SMILES string of the molecule is Fc1cc(-c2ccco2)ccc1N1CCN2CCCC2C1. The lowest BCUT2D eigenvalue weighted by Crippen LogP contribution is -2.50. The first-order valence-electron chi connectivity index (χ1n) is 7.64. The van der Waals surface area contributed by atoms with Gasteiger partial charge in [-0.15, -0.1) is 0 Å². The molecule has 4 heteroatoms. The minimum Gasteiger partial charge on any atom is -0.464 e. The highest BCUT2D eigenvalue weighted by molar-refractivity contribution is 5.62. The van der Waals surface area contributed by atoms with Crippen LogP contribution in [0.2, 0.25) is 0 Å². The second kappa shape index (κ2) is 5.19. The van der Waals surface area contributed by atoms with E-state index in [4.69, 9.17) is 4.42 Å². The van der Waals surface area contributed by atoms with E-state index in [9.17, 15) is 4.39 Å². The van der Waals surface area contributed by atoms with Crippen molar-refractivity contribution < 1.29 is 8.81 Å². The van der Waals surface area contributed by atoms with Gasteiger partial charge in [-0.3, -0.25) is 4.90 Å². The number of furan rings is 1. The molecule has 4 rings (SSSR count). The van der Waals surface area contributed by atoms with Crippen molar-refractivity contribution in [3.05, 3.63) is 42.4 Å².